The number of hydrogen-bond donors (Lipinski definition) is 3. The summed E-state index contributed by atoms with van der Waals surface area (Å²) in [5, 5.41) is 15.3. The standard InChI is InChI=1S/C33H41N3O10/c1-8-18(3)26(36-32(42)46-33(4,5)6)30(40)44-17-45-31(41)27-21(12-13-24(35-27)28(37)34-16-19-10-11-19)22-15-25(43-7)20(9-2)14-23(22)29(38)39/h9,12-15,18-19,26H,2,8,10-11,16-17H2,1,3-7H3,(H,34,37)(H,36,42)(H,38,39). The Morgan fingerprint density at radius 3 is 2.37 bits per heavy atom. The molecule has 1 aromatic heterocycles. The average molecular weight is 640 g/mol. The lowest BCUT2D eigenvalue weighted by Gasteiger charge is -2.25. The lowest BCUT2D eigenvalue weighted by atomic mass is 9.95. The molecule has 1 heterocycles. The molecule has 13 nitrogen and oxygen atoms in total. The molecule has 248 valence electrons. The molecule has 0 radical (unpaired) electrons. The van der Waals surface area contributed by atoms with Gasteiger partial charge in [-0.05, 0) is 69.7 Å². The number of aromatic carboxylic acids is 1. The van der Waals surface area contributed by atoms with Crippen molar-refractivity contribution in [2.45, 2.75) is 65.5 Å². The van der Waals surface area contributed by atoms with Crippen LogP contribution >= 0.6 is 0 Å². The zero-order chi connectivity index (χ0) is 34.2. The lowest BCUT2D eigenvalue weighted by molar-refractivity contribution is -0.156. The lowest BCUT2D eigenvalue weighted by Crippen LogP contribution is -2.47. The van der Waals surface area contributed by atoms with Gasteiger partial charge in [-0.3, -0.25) is 4.79 Å². The van der Waals surface area contributed by atoms with Gasteiger partial charge in [0, 0.05) is 23.2 Å². The van der Waals surface area contributed by atoms with E-state index in [1.807, 2.05) is 6.92 Å². The molecule has 1 aliphatic rings. The van der Waals surface area contributed by atoms with Crippen molar-refractivity contribution < 1.29 is 48.0 Å². The molecule has 1 aromatic carbocycles. The summed E-state index contributed by atoms with van der Waals surface area (Å²) < 4.78 is 21.1. The highest BCUT2D eigenvalue weighted by Gasteiger charge is 2.31. The number of aromatic nitrogens is 1. The SMILES string of the molecule is C=Cc1cc(C(=O)O)c(-c2ccc(C(=O)NCC3CC3)nc2C(=O)OCOC(=O)C(NC(=O)OC(C)(C)C)C(C)CC)cc1OC. The summed E-state index contributed by atoms with van der Waals surface area (Å²) in [7, 11) is 1.39. The molecular weight excluding hydrogens is 598 g/mol. The van der Waals surface area contributed by atoms with Gasteiger partial charge in [0.05, 0.1) is 12.7 Å². The zero-order valence-electron chi connectivity index (χ0n) is 26.9. The van der Waals surface area contributed by atoms with Crippen LogP contribution in [0.15, 0.2) is 30.8 Å². The van der Waals surface area contributed by atoms with Crippen LogP contribution in [-0.4, -0.2) is 72.1 Å². The van der Waals surface area contributed by atoms with Gasteiger partial charge in [-0.1, -0.05) is 32.9 Å². The summed E-state index contributed by atoms with van der Waals surface area (Å²) >= 11 is 0. The van der Waals surface area contributed by atoms with Gasteiger partial charge in [-0.25, -0.2) is 24.2 Å². The van der Waals surface area contributed by atoms with Crippen LogP contribution in [0, 0.1) is 11.8 Å². The molecule has 2 atom stereocenters. The number of nitrogens with zero attached hydrogens (tertiary/aromatic N) is 1. The van der Waals surface area contributed by atoms with E-state index in [4.69, 9.17) is 18.9 Å². The Morgan fingerprint density at radius 1 is 1.11 bits per heavy atom. The van der Waals surface area contributed by atoms with Gasteiger partial charge < -0.3 is 34.7 Å². The fourth-order valence-corrected chi connectivity index (χ4v) is 4.34. The van der Waals surface area contributed by atoms with E-state index in [1.54, 1.807) is 27.7 Å². The largest absolute Gasteiger partial charge is 0.496 e. The van der Waals surface area contributed by atoms with Gasteiger partial charge in [0.1, 0.15) is 23.1 Å². The van der Waals surface area contributed by atoms with E-state index >= 15 is 0 Å². The van der Waals surface area contributed by atoms with Crippen LogP contribution < -0.4 is 15.4 Å². The van der Waals surface area contributed by atoms with E-state index < -0.39 is 54.0 Å². The van der Waals surface area contributed by atoms with E-state index in [0.29, 0.717) is 24.4 Å². The van der Waals surface area contributed by atoms with E-state index in [-0.39, 0.29) is 34.1 Å². The number of hydrogen-bond acceptors (Lipinski definition) is 10. The summed E-state index contributed by atoms with van der Waals surface area (Å²) in [4.78, 5) is 68.0. The summed E-state index contributed by atoms with van der Waals surface area (Å²) in [5.74, 6) is -3.47. The van der Waals surface area contributed by atoms with Crippen LogP contribution in [0.25, 0.3) is 17.2 Å². The Balaban J connectivity index is 1.91. The average Bonchev–Trinajstić information content (AvgIpc) is 3.84. The van der Waals surface area contributed by atoms with E-state index in [1.165, 1.54) is 37.5 Å². The van der Waals surface area contributed by atoms with Crippen molar-refractivity contribution in [1.29, 1.82) is 0 Å². The third-order valence-corrected chi connectivity index (χ3v) is 7.21. The van der Waals surface area contributed by atoms with E-state index in [2.05, 4.69) is 22.2 Å². The highest BCUT2D eigenvalue weighted by Crippen LogP contribution is 2.34. The molecule has 2 unspecified atom stereocenters. The van der Waals surface area contributed by atoms with Crippen molar-refractivity contribution >= 4 is 36.0 Å². The number of pyridine rings is 1. The first kappa shape index (κ1) is 35.5. The Kier molecular flexibility index (Phi) is 11.9. The number of nitrogens with one attached hydrogen (secondary N) is 2. The predicted molar refractivity (Wildman–Crippen MR) is 167 cm³/mol. The Labute approximate surface area is 267 Å². The van der Waals surface area contributed by atoms with Crippen LogP contribution in [0.2, 0.25) is 0 Å². The molecular formula is C33H41N3O10. The molecule has 1 aliphatic carbocycles. The summed E-state index contributed by atoms with van der Waals surface area (Å²) in [6.07, 6.45) is 3.14. The van der Waals surface area contributed by atoms with Gasteiger partial charge in [0.15, 0.2) is 5.69 Å². The number of amides is 2. The first-order valence-corrected chi connectivity index (χ1v) is 14.9. The van der Waals surface area contributed by atoms with Crippen molar-refractivity contribution in [3.05, 3.63) is 53.4 Å². The van der Waals surface area contributed by atoms with Crippen LogP contribution in [-0.2, 0) is 19.0 Å². The monoisotopic (exact) mass is 639 g/mol. The topological polar surface area (TPSA) is 179 Å². The zero-order valence-corrected chi connectivity index (χ0v) is 26.9. The van der Waals surface area contributed by atoms with Crippen LogP contribution in [0.4, 0.5) is 4.79 Å². The summed E-state index contributed by atoms with van der Waals surface area (Å²) in [5.41, 5.74) is -0.975. The number of methoxy groups -OCH3 is 1. The minimum absolute atomic E-state index is 0.0328. The van der Waals surface area contributed by atoms with Gasteiger partial charge >= 0.3 is 24.0 Å². The van der Waals surface area contributed by atoms with Crippen molar-refractivity contribution in [1.82, 2.24) is 15.6 Å². The highest BCUT2D eigenvalue weighted by atomic mass is 16.7. The second kappa shape index (κ2) is 15.4. The second-order valence-electron chi connectivity index (χ2n) is 11.9. The number of carboxylic acids is 1. The van der Waals surface area contributed by atoms with Gasteiger partial charge in [0.25, 0.3) is 5.91 Å². The number of ether oxygens (including phenoxy) is 4. The fraction of sp³-hybridized carbons (Fsp3) is 0.455. The number of carboxylic acid groups (broad SMARTS) is 1. The molecule has 0 saturated heterocycles. The minimum Gasteiger partial charge on any atom is -0.496 e. The molecule has 13 heteroatoms. The van der Waals surface area contributed by atoms with Crippen molar-refractivity contribution in [3.63, 3.8) is 0 Å². The maximum absolute atomic E-state index is 13.4. The minimum atomic E-state index is -1.30. The third kappa shape index (κ3) is 9.53. The molecule has 0 aliphatic heterocycles. The quantitative estimate of drug-likeness (QED) is 0.190. The molecule has 0 bridgehead atoms. The summed E-state index contributed by atoms with van der Waals surface area (Å²) in [6.45, 7) is 11.9. The van der Waals surface area contributed by atoms with Gasteiger partial charge in [-0.2, -0.15) is 0 Å². The smallest absolute Gasteiger partial charge is 0.408 e. The molecule has 3 rings (SSSR count). The predicted octanol–water partition coefficient (Wildman–Crippen LogP) is 4.84. The van der Waals surface area contributed by atoms with Crippen LogP contribution in [0.3, 0.4) is 0 Å². The van der Waals surface area contributed by atoms with E-state index in [9.17, 15) is 29.1 Å². The molecule has 3 N–H and O–H groups in total. The summed E-state index contributed by atoms with van der Waals surface area (Å²) in [6, 6.07) is 4.41. The third-order valence-electron chi connectivity index (χ3n) is 7.21. The number of carbonyl (C=O) groups excluding carboxylic acids is 4. The first-order chi connectivity index (χ1) is 21.7. The maximum atomic E-state index is 13.4. The second-order valence-corrected chi connectivity index (χ2v) is 11.9. The van der Waals surface area contributed by atoms with Gasteiger partial charge in [-0.15, -0.1) is 0 Å². The number of alkyl carbamates (subject to hydrolysis) is 1. The molecule has 1 saturated carbocycles. The molecule has 2 amide bonds. The normalized spacial score (nSPS) is 13.9. The number of benzene rings is 1. The van der Waals surface area contributed by atoms with Crippen LogP contribution in [0.5, 0.6) is 5.75 Å². The highest BCUT2D eigenvalue weighted by molar-refractivity contribution is 6.04. The first-order valence-electron chi connectivity index (χ1n) is 14.9. The van der Waals surface area contributed by atoms with Crippen LogP contribution in [0.1, 0.15) is 90.8 Å². The van der Waals surface area contributed by atoms with Crippen molar-refractivity contribution in [2.24, 2.45) is 11.8 Å². The number of esters is 2. The Bertz CT molecular complexity index is 1490. The maximum Gasteiger partial charge on any atom is 0.408 e. The van der Waals surface area contributed by atoms with Crippen molar-refractivity contribution in [3.8, 4) is 16.9 Å². The number of carbonyl (C=O) groups is 5. The van der Waals surface area contributed by atoms with E-state index in [0.717, 1.165) is 12.8 Å². The fourth-order valence-electron chi connectivity index (χ4n) is 4.34. The van der Waals surface area contributed by atoms with Gasteiger partial charge in [0.2, 0.25) is 6.79 Å². The Morgan fingerprint density at radius 2 is 1.80 bits per heavy atom. The molecule has 46 heavy (non-hydrogen) atoms. The molecule has 1 fully saturated rings. The van der Waals surface area contributed by atoms with Crippen molar-refractivity contribution in [2.75, 3.05) is 20.4 Å². The Hall–Kier alpha value is -4.94. The molecule has 0 spiro atoms. The molecule has 2 aromatic rings. The number of rotatable bonds is 14.